The zero-order chi connectivity index (χ0) is 16.5. The number of aromatic nitrogens is 1. The molecule has 0 saturated heterocycles. The molecule has 0 amide bonds. The number of rotatable bonds is 9. The summed E-state index contributed by atoms with van der Waals surface area (Å²) in [5.74, 6) is 1.62. The first-order chi connectivity index (χ1) is 10.5. The third kappa shape index (κ3) is 6.10. The zero-order valence-electron chi connectivity index (χ0n) is 14.1. The quantitative estimate of drug-likeness (QED) is 0.295. The van der Waals surface area contributed by atoms with Gasteiger partial charge in [-0.25, -0.2) is 4.99 Å². The summed E-state index contributed by atoms with van der Waals surface area (Å²) >= 11 is 6.17. The first-order valence-electron chi connectivity index (χ1n) is 7.59. The highest BCUT2D eigenvalue weighted by Gasteiger charge is 2.12. The van der Waals surface area contributed by atoms with Gasteiger partial charge in [0, 0.05) is 19.7 Å². The third-order valence-electron chi connectivity index (χ3n) is 3.17. The Bertz CT molecular complexity index is 493. The molecule has 6 heteroatoms. The molecule has 1 rings (SSSR count). The van der Waals surface area contributed by atoms with Crippen LogP contribution >= 0.6 is 11.6 Å². The second-order valence-electron chi connectivity index (χ2n) is 5.51. The first kappa shape index (κ1) is 18.6. The lowest BCUT2D eigenvalue weighted by Gasteiger charge is -2.12. The summed E-state index contributed by atoms with van der Waals surface area (Å²) in [6, 6.07) is 1.74. The Morgan fingerprint density at radius 1 is 1.45 bits per heavy atom. The van der Waals surface area contributed by atoms with Gasteiger partial charge in [-0.2, -0.15) is 4.98 Å². The Balaban J connectivity index is 2.79. The van der Waals surface area contributed by atoms with Crippen molar-refractivity contribution in [3.63, 3.8) is 0 Å². The van der Waals surface area contributed by atoms with Gasteiger partial charge < -0.3 is 14.4 Å². The van der Waals surface area contributed by atoms with Crippen LogP contribution in [0.2, 0.25) is 5.15 Å². The van der Waals surface area contributed by atoms with Gasteiger partial charge in [-0.05, 0) is 25.7 Å². The van der Waals surface area contributed by atoms with E-state index >= 15 is 0 Å². The number of hydrogen-bond acceptors (Lipinski definition) is 4. The summed E-state index contributed by atoms with van der Waals surface area (Å²) in [5, 5.41) is 0.306. The standard InChI is InChI=1S/C16H26ClN3O2/c1-6-20(4)11-18-13-10-14(21-5)16(19-15(13)17)22-9-7-8-12(2)3/h10-12H,6-9H2,1-5H3/b18-11+. The molecule has 0 N–H and O–H groups in total. The number of aliphatic imine (C=N–C) groups is 1. The van der Waals surface area contributed by atoms with Gasteiger partial charge in [-0.3, -0.25) is 0 Å². The van der Waals surface area contributed by atoms with Crippen LogP contribution in [-0.4, -0.2) is 43.5 Å². The van der Waals surface area contributed by atoms with E-state index in [2.05, 4.69) is 23.8 Å². The Kier molecular flexibility index (Phi) is 8.02. The SMILES string of the molecule is CCN(C)/C=N/c1cc(OC)c(OCCCC(C)C)nc1Cl. The van der Waals surface area contributed by atoms with E-state index in [1.807, 2.05) is 18.9 Å². The van der Waals surface area contributed by atoms with E-state index in [9.17, 15) is 0 Å². The lowest BCUT2D eigenvalue weighted by molar-refractivity contribution is 0.269. The Labute approximate surface area is 138 Å². The van der Waals surface area contributed by atoms with E-state index in [0.29, 0.717) is 35.0 Å². The molecule has 0 aliphatic rings. The predicted molar refractivity (Wildman–Crippen MR) is 91.8 cm³/mol. The van der Waals surface area contributed by atoms with Gasteiger partial charge in [-0.15, -0.1) is 0 Å². The number of nitrogens with zero attached hydrogens (tertiary/aromatic N) is 3. The molecule has 0 aromatic carbocycles. The monoisotopic (exact) mass is 327 g/mol. The van der Waals surface area contributed by atoms with Gasteiger partial charge in [-0.1, -0.05) is 25.4 Å². The highest BCUT2D eigenvalue weighted by Crippen LogP contribution is 2.34. The maximum Gasteiger partial charge on any atom is 0.258 e. The molecule has 5 nitrogen and oxygen atoms in total. The van der Waals surface area contributed by atoms with Crippen molar-refractivity contribution in [1.82, 2.24) is 9.88 Å². The summed E-state index contributed by atoms with van der Waals surface area (Å²) in [6.07, 6.45) is 3.80. The van der Waals surface area contributed by atoms with Crippen LogP contribution in [0.5, 0.6) is 11.6 Å². The van der Waals surface area contributed by atoms with Crippen molar-refractivity contribution in [2.75, 3.05) is 27.3 Å². The molecule has 1 aromatic rings. The minimum Gasteiger partial charge on any atom is -0.491 e. The van der Waals surface area contributed by atoms with Crippen LogP contribution in [0.25, 0.3) is 0 Å². The number of ether oxygens (including phenoxy) is 2. The normalized spacial score (nSPS) is 11.2. The van der Waals surface area contributed by atoms with Crippen LogP contribution in [-0.2, 0) is 0 Å². The maximum atomic E-state index is 6.17. The van der Waals surface area contributed by atoms with Crippen LogP contribution in [0, 0.1) is 5.92 Å². The molecule has 0 aliphatic heterocycles. The Morgan fingerprint density at radius 3 is 2.77 bits per heavy atom. The summed E-state index contributed by atoms with van der Waals surface area (Å²) in [5.41, 5.74) is 0.563. The molecule has 0 saturated carbocycles. The van der Waals surface area contributed by atoms with Crippen molar-refractivity contribution in [2.24, 2.45) is 10.9 Å². The van der Waals surface area contributed by atoms with Gasteiger partial charge in [0.2, 0.25) is 0 Å². The van der Waals surface area contributed by atoms with Crippen LogP contribution in [0.1, 0.15) is 33.6 Å². The number of halogens is 1. The molecule has 124 valence electrons. The van der Waals surface area contributed by atoms with Crippen molar-refractivity contribution < 1.29 is 9.47 Å². The average Bonchev–Trinajstić information content (AvgIpc) is 2.49. The molecular formula is C16H26ClN3O2. The van der Waals surface area contributed by atoms with Gasteiger partial charge in [0.15, 0.2) is 10.9 Å². The van der Waals surface area contributed by atoms with Crippen LogP contribution < -0.4 is 9.47 Å². The van der Waals surface area contributed by atoms with E-state index in [-0.39, 0.29) is 0 Å². The molecule has 0 radical (unpaired) electrons. The minimum absolute atomic E-state index is 0.306. The fourth-order valence-corrected chi connectivity index (χ4v) is 1.87. The number of hydrogen-bond donors (Lipinski definition) is 0. The molecule has 0 fully saturated rings. The average molecular weight is 328 g/mol. The molecule has 0 unspecified atom stereocenters. The van der Waals surface area contributed by atoms with E-state index in [4.69, 9.17) is 21.1 Å². The van der Waals surface area contributed by atoms with Crippen molar-refractivity contribution in [2.45, 2.75) is 33.6 Å². The second kappa shape index (κ2) is 9.51. The fraction of sp³-hybridized carbons (Fsp3) is 0.625. The predicted octanol–water partition coefficient (Wildman–Crippen LogP) is 4.17. The molecule has 22 heavy (non-hydrogen) atoms. The van der Waals surface area contributed by atoms with Crippen molar-refractivity contribution in [1.29, 1.82) is 0 Å². The molecule has 1 aromatic heterocycles. The topological polar surface area (TPSA) is 47.0 Å². The van der Waals surface area contributed by atoms with Crippen LogP contribution in [0.15, 0.2) is 11.1 Å². The summed E-state index contributed by atoms with van der Waals surface area (Å²) in [7, 11) is 3.52. The number of pyridine rings is 1. The van der Waals surface area contributed by atoms with E-state index in [0.717, 1.165) is 19.4 Å². The molecule has 0 spiro atoms. The highest BCUT2D eigenvalue weighted by atomic mass is 35.5. The van der Waals surface area contributed by atoms with E-state index in [1.54, 1.807) is 19.5 Å². The highest BCUT2D eigenvalue weighted by molar-refractivity contribution is 6.31. The fourth-order valence-electron chi connectivity index (χ4n) is 1.69. The van der Waals surface area contributed by atoms with Crippen molar-refractivity contribution in [3.8, 4) is 11.6 Å². The largest absolute Gasteiger partial charge is 0.491 e. The summed E-state index contributed by atoms with van der Waals surface area (Å²) < 4.78 is 11.0. The van der Waals surface area contributed by atoms with Crippen molar-refractivity contribution >= 4 is 23.6 Å². The van der Waals surface area contributed by atoms with Gasteiger partial charge in [0.1, 0.15) is 5.69 Å². The van der Waals surface area contributed by atoms with E-state index in [1.165, 1.54) is 0 Å². The molecule has 0 atom stereocenters. The molecular weight excluding hydrogens is 302 g/mol. The minimum atomic E-state index is 0.306. The first-order valence-corrected chi connectivity index (χ1v) is 7.97. The maximum absolute atomic E-state index is 6.17. The third-order valence-corrected chi connectivity index (χ3v) is 3.45. The molecule has 0 aliphatic carbocycles. The van der Waals surface area contributed by atoms with Gasteiger partial charge in [0.25, 0.3) is 5.88 Å². The van der Waals surface area contributed by atoms with Crippen LogP contribution in [0.3, 0.4) is 0 Å². The Morgan fingerprint density at radius 2 is 2.18 bits per heavy atom. The lowest BCUT2D eigenvalue weighted by Crippen LogP contribution is -2.14. The Hall–Kier alpha value is -1.49. The summed E-state index contributed by atoms with van der Waals surface area (Å²) in [4.78, 5) is 10.5. The van der Waals surface area contributed by atoms with E-state index < -0.39 is 0 Å². The van der Waals surface area contributed by atoms with Crippen molar-refractivity contribution in [3.05, 3.63) is 11.2 Å². The zero-order valence-corrected chi connectivity index (χ0v) is 14.9. The number of methoxy groups -OCH3 is 1. The smallest absolute Gasteiger partial charge is 0.258 e. The lowest BCUT2D eigenvalue weighted by atomic mass is 10.1. The van der Waals surface area contributed by atoms with Gasteiger partial charge in [0.05, 0.1) is 20.1 Å². The second-order valence-corrected chi connectivity index (χ2v) is 5.87. The molecule has 0 bridgehead atoms. The summed E-state index contributed by atoms with van der Waals surface area (Å²) in [6.45, 7) is 7.88. The van der Waals surface area contributed by atoms with Crippen LogP contribution in [0.4, 0.5) is 5.69 Å². The molecule has 1 heterocycles. The van der Waals surface area contributed by atoms with Gasteiger partial charge >= 0.3 is 0 Å².